The highest BCUT2D eigenvalue weighted by Crippen LogP contribution is 2.34. The van der Waals surface area contributed by atoms with E-state index in [1.807, 2.05) is 0 Å². The van der Waals surface area contributed by atoms with Crippen LogP contribution in [0.15, 0.2) is 77.7 Å². The third-order valence-corrected chi connectivity index (χ3v) is 4.63. The third kappa shape index (κ3) is 3.47. The van der Waals surface area contributed by atoms with Crippen molar-refractivity contribution in [3.05, 3.63) is 94.7 Å². The van der Waals surface area contributed by atoms with Crippen LogP contribution in [-0.4, -0.2) is 9.67 Å². The van der Waals surface area contributed by atoms with Crippen LogP contribution in [-0.2, 0) is 6.18 Å². The molecule has 0 spiro atoms. The molecular weight excluding hydrogens is 386 g/mol. The molecule has 29 heavy (non-hydrogen) atoms. The summed E-state index contributed by atoms with van der Waals surface area (Å²) in [4.78, 5) is 12.9. The number of fused-ring (bicyclic) bond motifs is 1. The van der Waals surface area contributed by atoms with Crippen molar-refractivity contribution >= 4 is 10.8 Å². The molecule has 0 unspecified atom stereocenters. The molecule has 7 heteroatoms. The summed E-state index contributed by atoms with van der Waals surface area (Å²) in [6.07, 6.45) is -2.99. The van der Waals surface area contributed by atoms with Crippen molar-refractivity contribution in [2.45, 2.75) is 6.18 Å². The molecule has 4 rings (SSSR count). The SMILES string of the molecule is O=c1c2ccc(O)cc2c(-c2ccc(C(F)(F)F)cc2)cn1-c1ccc(F)cc1. The largest absolute Gasteiger partial charge is 0.508 e. The van der Waals surface area contributed by atoms with Gasteiger partial charge in [0.25, 0.3) is 5.56 Å². The Hall–Kier alpha value is -3.61. The van der Waals surface area contributed by atoms with Gasteiger partial charge in [0.15, 0.2) is 0 Å². The first-order chi connectivity index (χ1) is 13.7. The van der Waals surface area contributed by atoms with Crippen molar-refractivity contribution in [1.82, 2.24) is 4.57 Å². The fraction of sp³-hybridized carbons (Fsp3) is 0.0455. The number of hydrogen-bond donors (Lipinski definition) is 1. The fourth-order valence-electron chi connectivity index (χ4n) is 3.19. The molecule has 1 heterocycles. The molecule has 0 atom stereocenters. The van der Waals surface area contributed by atoms with Crippen molar-refractivity contribution in [2.75, 3.05) is 0 Å². The van der Waals surface area contributed by atoms with Crippen LogP contribution in [0.2, 0.25) is 0 Å². The molecule has 0 saturated carbocycles. The zero-order valence-electron chi connectivity index (χ0n) is 14.7. The Morgan fingerprint density at radius 2 is 1.48 bits per heavy atom. The highest BCUT2D eigenvalue weighted by atomic mass is 19.4. The quantitative estimate of drug-likeness (QED) is 0.451. The molecule has 3 aromatic carbocycles. The lowest BCUT2D eigenvalue weighted by Gasteiger charge is -2.14. The molecule has 0 fully saturated rings. The normalized spacial score (nSPS) is 11.7. The van der Waals surface area contributed by atoms with E-state index >= 15 is 0 Å². The van der Waals surface area contributed by atoms with E-state index in [0.717, 1.165) is 12.1 Å². The Labute approximate surface area is 162 Å². The molecule has 3 nitrogen and oxygen atoms in total. The number of nitrogens with zero attached hydrogens (tertiary/aromatic N) is 1. The predicted molar refractivity (Wildman–Crippen MR) is 102 cm³/mol. The summed E-state index contributed by atoms with van der Waals surface area (Å²) in [7, 11) is 0. The second kappa shape index (κ2) is 6.77. The number of pyridine rings is 1. The lowest BCUT2D eigenvalue weighted by Crippen LogP contribution is -2.18. The van der Waals surface area contributed by atoms with Gasteiger partial charge in [-0.1, -0.05) is 12.1 Å². The van der Waals surface area contributed by atoms with Crippen molar-refractivity contribution in [2.24, 2.45) is 0 Å². The van der Waals surface area contributed by atoms with E-state index in [0.29, 0.717) is 22.2 Å². The average molecular weight is 399 g/mol. The number of hydrogen-bond acceptors (Lipinski definition) is 2. The van der Waals surface area contributed by atoms with E-state index in [1.54, 1.807) is 0 Å². The first-order valence-electron chi connectivity index (χ1n) is 8.56. The van der Waals surface area contributed by atoms with Gasteiger partial charge in [-0.05, 0) is 60.2 Å². The molecule has 0 aliphatic rings. The van der Waals surface area contributed by atoms with Gasteiger partial charge in [0, 0.05) is 28.2 Å². The Kier molecular flexibility index (Phi) is 4.38. The van der Waals surface area contributed by atoms with Crippen molar-refractivity contribution in [3.63, 3.8) is 0 Å². The summed E-state index contributed by atoms with van der Waals surface area (Å²) in [6, 6.07) is 14.0. The van der Waals surface area contributed by atoms with Crippen LogP contribution in [0.3, 0.4) is 0 Å². The average Bonchev–Trinajstić information content (AvgIpc) is 2.68. The molecule has 0 bridgehead atoms. The van der Waals surface area contributed by atoms with Crippen LogP contribution < -0.4 is 5.56 Å². The monoisotopic (exact) mass is 399 g/mol. The van der Waals surface area contributed by atoms with Crippen molar-refractivity contribution < 1.29 is 22.7 Å². The van der Waals surface area contributed by atoms with Crippen molar-refractivity contribution in [1.29, 1.82) is 0 Å². The number of halogens is 4. The number of phenolic OH excluding ortho intramolecular Hbond substituents is 1. The Morgan fingerprint density at radius 1 is 0.828 bits per heavy atom. The predicted octanol–water partition coefficient (Wildman–Crippen LogP) is 5.52. The van der Waals surface area contributed by atoms with Crippen LogP contribution in [0, 0.1) is 5.82 Å². The number of aromatic nitrogens is 1. The molecule has 0 amide bonds. The highest BCUT2D eigenvalue weighted by Gasteiger charge is 2.30. The molecule has 0 aliphatic heterocycles. The van der Waals surface area contributed by atoms with E-state index in [1.165, 1.54) is 65.4 Å². The van der Waals surface area contributed by atoms with E-state index in [9.17, 15) is 27.5 Å². The Morgan fingerprint density at radius 3 is 2.10 bits per heavy atom. The van der Waals surface area contributed by atoms with Crippen LogP contribution in [0.1, 0.15) is 5.56 Å². The first kappa shape index (κ1) is 18.7. The number of aromatic hydroxyl groups is 1. The summed E-state index contributed by atoms with van der Waals surface area (Å²) >= 11 is 0. The summed E-state index contributed by atoms with van der Waals surface area (Å²) in [5.74, 6) is -0.542. The Bertz CT molecular complexity index is 1260. The Balaban J connectivity index is 1.99. The fourth-order valence-corrected chi connectivity index (χ4v) is 3.19. The van der Waals surface area contributed by atoms with E-state index in [4.69, 9.17) is 0 Å². The third-order valence-electron chi connectivity index (χ3n) is 4.63. The zero-order chi connectivity index (χ0) is 20.8. The van der Waals surface area contributed by atoms with E-state index < -0.39 is 23.1 Å². The minimum atomic E-state index is -4.47. The summed E-state index contributed by atoms with van der Waals surface area (Å²) in [5.41, 5.74) is 0.0973. The van der Waals surface area contributed by atoms with Gasteiger partial charge in [0.1, 0.15) is 11.6 Å². The molecule has 0 radical (unpaired) electrons. The first-order valence-corrected chi connectivity index (χ1v) is 8.56. The maximum absolute atomic E-state index is 13.3. The van der Waals surface area contributed by atoms with Crippen LogP contribution in [0.4, 0.5) is 17.6 Å². The standard InChI is InChI=1S/C22H13F4NO2/c23-15-5-7-16(8-6-15)27-12-20(13-1-3-14(4-2-13)22(24,25)26)19-11-17(28)9-10-18(19)21(27)29/h1-12,28H. The van der Waals surface area contributed by atoms with E-state index in [-0.39, 0.29) is 11.1 Å². The molecule has 146 valence electrons. The van der Waals surface area contributed by atoms with Crippen LogP contribution >= 0.6 is 0 Å². The molecule has 0 saturated heterocycles. The maximum atomic E-state index is 13.3. The van der Waals surface area contributed by atoms with Crippen molar-refractivity contribution in [3.8, 4) is 22.6 Å². The number of alkyl halides is 3. The van der Waals surface area contributed by atoms with Gasteiger partial charge in [-0.15, -0.1) is 0 Å². The molecule has 4 aromatic rings. The summed E-state index contributed by atoms with van der Waals surface area (Å²) < 4.78 is 53.2. The van der Waals surface area contributed by atoms with Gasteiger partial charge in [0.05, 0.1) is 5.56 Å². The van der Waals surface area contributed by atoms with E-state index in [2.05, 4.69) is 0 Å². The summed E-state index contributed by atoms with van der Waals surface area (Å²) in [6.45, 7) is 0. The van der Waals surface area contributed by atoms with Crippen LogP contribution in [0.25, 0.3) is 27.6 Å². The number of rotatable bonds is 2. The second-order valence-corrected chi connectivity index (χ2v) is 6.50. The molecule has 0 aliphatic carbocycles. The smallest absolute Gasteiger partial charge is 0.416 e. The molecular formula is C22H13F4NO2. The van der Waals surface area contributed by atoms with Gasteiger partial charge in [-0.25, -0.2) is 4.39 Å². The van der Waals surface area contributed by atoms with Crippen LogP contribution in [0.5, 0.6) is 5.75 Å². The summed E-state index contributed by atoms with van der Waals surface area (Å²) in [5, 5.41) is 10.5. The van der Waals surface area contributed by atoms with Gasteiger partial charge in [-0.2, -0.15) is 13.2 Å². The van der Waals surface area contributed by atoms with Gasteiger partial charge < -0.3 is 5.11 Å². The topological polar surface area (TPSA) is 42.2 Å². The molecule has 1 N–H and O–H groups in total. The molecule has 1 aromatic heterocycles. The van der Waals surface area contributed by atoms with Gasteiger partial charge in [0.2, 0.25) is 0 Å². The maximum Gasteiger partial charge on any atom is 0.416 e. The number of phenols is 1. The second-order valence-electron chi connectivity index (χ2n) is 6.50. The lowest BCUT2D eigenvalue weighted by atomic mass is 9.99. The van der Waals surface area contributed by atoms with Gasteiger partial charge >= 0.3 is 6.18 Å². The highest BCUT2D eigenvalue weighted by molar-refractivity contribution is 5.96. The van der Waals surface area contributed by atoms with Gasteiger partial charge in [-0.3, -0.25) is 9.36 Å². The number of benzene rings is 3. The minimum Gasteiger partial charge on any atom is -0.508 e. The minimum absolute atomic E-state index is 0.0791. The lowest BCUT2D eigenvalue weighted by molar-refractivity contribution is -0.137. The zero-order valence-corrected chi connectivity index (χ0v) is 14.7.